The zero-order valence-corrected chi connectivity index (χ0v) is 12.7. The second-order valence-electron chi connectivity index (χ2n) is 6.14. The van der Waals surface area contributed by atoms with E-state index < -0.39 is 0 Å². The van der Waals surface area contributed by atoms with Crippen molar-refractivity contribution in [3.8, 4) is 0 Å². The quantitative estimate of drug-likeness (QED) is 0.802. The van der Waals surface area contributed by atoms with Crippen LogP contribution in [0.3, 0.4) is 0 Å². The molecule has 0 aromatic heterocycles. The van der Waals surface area contributed by atoms with E-state index in [2.05, 4.69) is 0 Å². The van der Waals surface area contributed by atoms with E-state index in [1.807, 2.05) is 30.3 Å². The van der Waals surface area contributed by atoms with Gasteiger partial charge in [0.25, 0.3) is 0 Å². The summed E-state index contributed by atoms with van der Waals surface area (Å²) in [6.07, 6.45) is 2.09. The average Bonchev–Trinajstić information content (AvgIpc) is 3.13. The number of benzene rings is 1. The molecule has 2 aliphatic rings. The number of fused-ring (bicyclic) bond motifs is 2. The van der Waals surface area contributed by atoms with Crippen LogP contribution in [0.2, 0.25) is 0 Å². The van der Waals surface area contributed by atoms with Crippen molar-refractivity contribution in [2.75, 3.05) is 13.7 Å². The van der Waals surface area contributed by atoms with Crippen LogP contribution in [0.4, 0.5) is 4.79 Å². The number of piperidine rings is 1. The van der Waals surface area contributed by atoms with E-state index in [4.69, 9.17) is 9.47 Å². The molecular weight excluding hydrogens is 282 g/mol. The molecule has 3 atom stereocenters. The molecular formula is C17H21NO4. The molecule has 1 aliphatic heterocycles. The van der Waals surface area contributed by atoms with Crippen LogP contribution in [0.25, 0.3) is 0 Å². The summed E-state index contributed by atoms with van der Waals surface area (Å²) >= 11 is 0. The van der Waals surface area contributed by atoms with Gasteiger partial charge in [-0.05, 0) is 30.2 Å². The number of nitrogens with zero attached hydrogens (tertiary/aromatic N) is 1. The Balaban J connectivity index is 1.56. The highest BCUT2D eigenvalue weighted by Crippen LogP contribution is 2.43. The molecule has 118 valence electrons. The Bertz CT molecular complexity index is 545. The van der Waals surface area contributed by atoms with Crippen LogP contribution >= 0.6 is 0 Å². The monoisotopic (exact) mass is 303 g/mol. The lowest BCUT2D eigenvalue weighted by atomic mass is 9.95. The van der Waals surface area contributed by atoms with Crippen molar-refractivity contribution >= 4 is 12.1 Å². The van der Waals surface area contributed by atoms with Gasteiger partial charge in [-0.1, -0.05) is 30.3 Å². The van der Waals surface area contributed by atoms with Crippen molar-refractivity contribution in [1.29, 1.82) is 0 Å². The number of esters is 1. The standard InChI is InChI=1S/C17H21NO4/c1-21-16(19)9-14-7-13-8-15(14)18(10-13)17(20)22-11-12-5-3-2-4-6-12/h2-6,13-15H,7-11H2,1H3. The molecule has 1 aromatic rings. The molecule has 1 heterocycles. The van der Waals surface area contributed by atoms with Gasteiger partial charge < -0.3 is 14.4 Å². The fourth-order valence-corrected chi connectivity index (χ4v) is 3.69. The number of hydrogen-bond acceptors (Lipinski definition) is 4. The van der Waals surface area contributed by atoms with E-state index in [1.165, 1.54) is 7.11 Å². The number of ether oxygens (including phenoxy) is 2. The Labute approximate surface area is 130 Å². The molecule has 22 heavy (non-hydrogen) atoms. The first kappa shape index (κ1) is 14.9. The van der Waals surface area contributed by atoms with Gasteiger partial charge in [0.2, 0.25) is 0 Å². The topological polar surface area (TPSA) is 55.8 Å². The summed E-state index contributed by atoms with van der Waals surface area (Å²) in [5.74, 6) is 0.495. The Morgan fingerprint density at radius 1 is 1.23 bits per heavy atom. The molecule has 1 saturated carbocycles. The molecule has 1 amide bonds. The Kier molecular flexibility index (Phi) is 4.32. The minimum absolute atomic E-state index is 0.118. The largest absolute Gasteiger partial charge is 0.469 e. The highest BCUT2D eigenvalue weighted by atomic mass is 16.6. The van der Waals surface area contributed by atoms with Gasteiger partial charge in [0.05, 0.1) is 13.5 Å². The zero-order valence-electron chi connectivity index (χ0n) is 12.7. The zero-order chi connectivity index (χ0) is 15.5. The highest BCUT2D eigenvalue weighted by Gasteiger charge is 2.47. The SMILES string of the molecule is COC(=O)CC1CC2CC1N(C(=O)OCc1ccccc1)C2. The third kappa shape index (κ3) is 3.08. The molecule has 3 unspecified atom stereocenters. The fourth-order valence-electron chi connectivity index (χ4n) is 3.69. The maximum Gasteiger partial charge on any atom is 0.410 e. The van der Waals surface area contributed by atoms with E-state index in [1.54, 1.807) is 4.90 Å². The number of methoxy groups -OCH3 is 1. The number of likely N-dealkylation sites (tertiary alicyclic amines) is 1. The number of hydrogen-bond donors (Lipinski definition) is 0. The molecule has 1 aromatic carbocycles. The van der Waals surface area contributed by atoms with Crippen molar-refractivity contribution in [2.24, 2.45) is 11.8 Å². The van der Waals surface area contributed by atoms with Crippen molar-refractivity contribution in [2.45, 2.75) is 31.9 Å². The van der Waals surface area contributed by atoms with Crippen LogP contribution in [0, 0.1) is 11.8 Å². The van der Waals surface area contributed by atoms with Crippen molar-refractivity contribution in [1.82, 2.24) is 4.90 Å². The number of rotatable bonds is 4. The molecule has 0 N–H and O–H groups in total. The summed E-state index contributed by atoms with van der Waals surface area (Å²) in [5.41, 5.74) is 0.978. The van der Waals surface area contributed by atoms with Crippen molar-refractivity contribution in [3.63, 3.8) is 0 Å². The lowest BCUT2D eigenvalue weighted by Crippen LogP contribution is -2.43. The smallest absolute Gasteiger partial charge is 0.410 e. The van der Waals surface area contributed by atoms with Crippen LogP contribution in [-0.4, -0.2) is 36.7 Å². The summed E-state index contributed by atoms with van der Waals surface area (Å²) in [5, 5.41) is 0. The molecule has 1 saturated heterocycles. The van der Waals surface area contributed by atoms with Crippen LogP contribution in [0.1, 0.15) is 24.8 Å². The molecule has 2 fully saturated rings. The van der Waals surface area contributed by atoms with Gasteiger partial charge in [0, 0.05) is 12.6 Å². The third-order valence-electron chi connectivity index (χ3n) is 4.71. The predicted molar refractivity (Wildman–Crippen MR) is 80.0 cm³/mol. The first-order valence-corrected chi connectivity index (χ1v) is 7.71. The Hall–Kier alpha value is -2.04. The minimum Gasteiger partial charge on any atom is -0.469 e. The van der Waals surface area contributed by atoms with Crippen molar-refractivity contribution < 1.29 is 19.1 Å². The highest BCUT2D eigenvalue weighted by molar-refractivity contribution is 5.71. The molecule has 2 bridgehead atoms. The van der Waals surface area contributed by atoms with Gasteiger partial charge in [0.1, 0.15) is 6.61 Å². The van der Waals surface area contributed by atoms with E-state index in [9.17, 15) is 9.59 Å². The van der Waals surface area contributed by atoms with Gasteiger partial charge in [0.15, 0.2) is 0 Å². The number of amides is 1. The van der Waals surface area contributed by atoms with E-state index >= 15 is 0 Å². The first-order valence-electron chi connectivity index (χ1n) is 7.71. The van der Waals surface area contributed by atoms with Gasteiger partial charge >= 0.3 is 12.1 Å². The van der Waals surface area contributed by atoms with Crippen molar-refractivity contribution in [3.05, 3.63) is 35.9 Å². The minimum atomic E-state index is -0.272. The lowest BCUT2D eigenvalue weighted by molar-refractivity contribution is -0.142. The molecule has 0 radical (unpaired) electrons. The summed E-state index contributed by atoms with van der Waals surface area (Å²) in [4.78, 5) is 25.6. The first-order chi connectivity index (χ1) is 10.7. The van der Waals surface area contributed by atoms with Crippen LogP contribution in [0.15, 0.2) is 30.3 Å². The molecule has 3 rings (SSSR count). The van der Waals surface area contributed by atoms with E-state index in [0.29, 0.717) is 12.3 Å². The molecule has 0 spiro atoms. The molecule has 5 heteroatoms. The van der Waals surface area contributed by atoms with Crippen LogP contribution in [-0.2, 0) is 20.9 Å². The van der Waals surface area contributed by atoms with Gasteiger partial charge in [-0.25, -0.2) is 4.79 Å². The third-order valence-corrected chi connectivity index (χ3v) is 4.71. The summed E-state index contributed by atoms with van der Waals surface area (Å²) < 4.78 is 10.2. The molecule has 1 aliphatic carbocycles. The summed E-state index contributed by atoms with van der Waals surface area (Å²) in [7, 11) is 1.40. The van der Waals surface area contributed by atoms with E-state index in [-0.39, 0.29) is 30.6 Å². The normalized spacial score (nSPS) is 26.0. The van der Waals surface area contributed by atoms with Crippen LogP contribution in [0.5, 0.6) is 0 Å². The molecule has 5 nitrogen and oxygen atoms in total. The van der Waals surface area contributed by atoms with Gasteiger partial charge in [-0.3, -0.25) is 4.79 Å². The maximum atomic E-state index is 12.3. The second kappa shape index (κ2) is 6.38. The summed E-state index contributed by atoms with van der Waals surface area (Å²) in [6, 6.07) is 9.77. The Morgan fingerprint density at radius 2 is 2.00 bits per heavy atom. The number of carbonyl (C=O) groups excluding carboxylic acids is 2. The van der Waals surface area contributed by atoms with E-state index in [0.717, 1.165) is 24.9 Å². The summed E-state index contributed by atoms with van der Waals surface area (Å²) in [6.45, 7) is 1.03. The van der Waals surface area contributed by atoms with Gasteiger partial charge in [-0.2, -0.15) is 0 Å². The Morgan fingerprint density at radius 3 is 2.68 bits per heavy atom. The lowest BCUT2D eigenvalue weighted by Gasteiger charge is -2.32. The van der Waals surface area contributed by atoms with Gasteiger partial charge in [-0.15, -0.1) is 0 Å². The second-order valence-corrected chi connectivity index (χ2v) is 6.14. The fraction of sp³-hybridized carbons (Fsp3) is 0.529. The van der Waals surface area contributed by atoms with Crippen LogP contribution < -0.4 is 0 Å². The average molecular weight is 303 g/mol. The predicted octanol–water partition coefficient (Wildman–Crippen LogP) is 2.60. The number of carbonyl (C=O) groups is 2. The maximum absolute atomic E-state index is 12.3.